The Morgan fingerprint density at radius 2 is 1.70 bits per heavy atom. The summed E-state index contributed by atoms with van der Waals surface area (Å²) in [6.07, 6.45) is 1.73. The molecule has 0 atom stereocenters. The second kappa shape index (κ2) is 10.1. The molecule has 4 rings (SSSR count). The molecule has 9 heteroatoms. The van der Waals surface area contributed by atoms with E-state index in [0.717, 1.165) is 11.3 Å². The molecule has 0 saturated carbocycles. The van der Waals surface area contributed by atoms with Gasteiger partial charge in [-0.05, 0) is 78.0 Å². The summed E-state index contributed by atoms with van der Waals surface area (Å²) in [5.41, 5.74) is 1.68. The fourth-order valence-electron chi connectivity index (χ4n) is 2.86. The number of halogens is 2. The zero-order valence-corrected chi connectivity index (χ0v) is 19.5. The third-order valence-corrected chi connectivity index (χ3v) is 5.95. The highest BCUT2D eigenvalue weighted by Gasteiger charge is 2.23. The third-order valence-electron chi connectivity index (χ3n) is 4.49. The van der Waals surface area contributed by atoms with E-state index in [2.05, 4.69) is 10.3 Å². The number of methoxy groups -OCH3 is 1. The van der Waals surface area contributed by atoms with E-state index < -0.39 is 5.97 Å². The number of amides is 1. The maximum absolute atomic E-state index is 12.3. The Labute approximate surface area is 204 Å². The van der Waals surface area contributed by atoms with Crippen LogP contribution in [0.4, 0.5) is 5.69 Å². The number of nitrogens with one attached hydrogen (secondary N) is 1. The number of nitrogens with zero attached hydrogens (tertiary/aromatic N) is 1. The molecule has 1 fully saturated rings. The number of esters is 1. The molecule has 1 N–H and O–H groups in total. The fourth-order valence-corrected chi connectivity index (χ4v) is 4.18. The van der Waals surface area contributed by atoms with Gasteiger partial charge in [0, 0.05) is 5.02 Å². The van der Waals surface area contributed by atoms with Gasteiger partial charge in [0.25, 0.3) is 5.91 Å². The van der Waals surface area contributed by atoms with Gasteiger partial charge >= 0.3 is 5.97 Å². The van der Waals surface area contributed by atoms with Crippen molar-refractivity contribution in [2.75, 3.05) is 7.11 Å². The van der Waals surface area contributed by atoms with Crippen molar-refractivity contribution in [1.82, 2.24) is 5.32 Å². The monoisotopic (exact) mass is 498 g/mol. The normalized spacial score (nSPS) is 15.5. The van der Waals surface area contributed by atoms with Crippen molar-refractivity contribution < 1.29 is 19.1 Å². The molecule has 1 saturated heterocycles. The van der Waals surface area contributed by atoms with Crippen LogP contribution in [-0.2, 0) is 4.79 Å². The Morgan fingerprint density at radius 3 is 2.36 bits per heavy atom. The molecule has 33 heavy (non-hydrogen) atoms. The third kappa shape index (κ3) is 5.76. The predicted octanol–water partition coefficient (Wildman–Crippen LogP) is 6.11. The van der Waals surface area contributed by atoms with Crippen LogP contribution in [0.2, 0.25) is 10.0 Å². The number of carbonyl (C=O) groups excluding carboxylic acids is 2. The minimum Gasteiger partial charge on any atom is -0.497 e. The molecule has 0 aromatic heterocycles. The Bertz CT molecular complexity index is 1270. The van der Waals surface area contributed by atoms with Crippen LogP contribution in [0.5, 0.6) is 11.5 Å². The van der Waals surface area contributed by atoms with Crippen LogP contribution in [0.15, 0.2) is 76.6 Å². The van der Waals surface area contributed by atoms with Gasteiger partial charge in [0.2, 0.25) is 0 Å². The number of benzene rings is 3. The van der Waals surface area contributed by atoms with Gasteiger partial charge in [0.15, 0.2) is 5.17 Å². The van der Waals surface area contributed by atoms with E-state index in [0.29, 0.717) is 26.5 Å². The first-order valence-electron chi connectivity index (χ1n) is 9.62. The summed E-state index contributed by atoms with van der Waals surface area (Å²) in [6, 6.07) is 18.5. The quantitative estimate of drug-likeness (QED) is 0.260. The molecule has 6 nitrogen and oxygen atoms in total. The highest BCUT2D eigenvalue weighted by atomic mass is 35.5. The summed E-state index contributed by atoms with van der Waals surface area (Å²) in [5.74, 6) is 0.250. The Balaban J connectivity index is 1.43. The van der Waals surface area contributed by atoms with Gasteiger partial charge in [-0.25, -0.2) is 9.79 Å². The van der Waals surface area contributed by atoms with E-state index in [1.165, 1.54) is 23.9 Å². The highest BCUT2D eigenvalue weighted by molar-refractivity contribution is 8.18. The summed E-state index contributed by atoms with van der Waals surface area (Å²) in [7, 11) is 1.59. The maximum atomic E-state index is 12.3. The second-order valence-electron chi connectivity index (χ2n) is 6.76. The fraction of sp³-hybridized carbons (Fsp3) is 0.0417. The predicted molar refractivity (Wildman–Crippen MR) is 132 cm³/mol. The molecule has 1 heterocycles. The molecule has 1 aliphatic heterocycles. The van der Waals surface area contributed by atoms with Gasteiger partial charge in [0.1, 0.15) is 11.5 Å². The Hall–Kier alpha value is -3.26. The molecule has 0 bridgehead atoms. The molecule has 1 aliphatic rings. The van der Waals surface area contributed by atoms with E-state index in [4.69, 9.17) is 32.7 Å². The van der Waals surface area contributed by atoms with Crippen LogP contribution in [-0.4, -0.2) is 24.2 Å². The average molecular weight is 499 g/mol. The molecule has 3 aromatic carbocycles. The number of aliphatic imine (C=N–C) groups is 1. The van der Waals surface area contributed by atoms with E-state index in [1.807, 2.05) is 0 Å². The molecule has 3 aromatic rings. The van der Waals surface area contributed by atoms with Gasteiger partial charge in [-0.15, -0.1) is 0 Å². The zero-order chi connectivity index (χ0) is 23.4. The van der Waals surface area contributed by atoms with Crippen LogP contribution in [0.3, 0.4) is 0 Å². The van der Waals surface area contributed by atoms with Crippen molar-refractivity contribution in [2.45, 2.75) is 0 Å². The highest BCUT2D eigenvalue weighted by Crippen LogP contribution is 2.29. The number of hydrogen-bond donors (Lipinski definition) is 1. The van der Waals surface area contributed by atoms with Crippen molar-refractivity contribution in [3.8, 4) is 11.5 Å². The van der Waals surface area contributed by atoms with Crippen molar-refractivity contribution in [3.63, 3.8) is 0 Å². The molecular formula is C24H16Cl2N2O4S. The lowest BCUT2D eigenvalue weighted by atomic mass is 10.2. The number of carbonyl (C=O) groups is 2. The Morgan fingerprint density at radius 1 is 1.00 bits per heavy atom. The number of thioether (sulfide) groups is 1. The molecule has 166 valence electrons. The first kappa shape index (κ1) is 22.9. The zero-order valence-electron chi connectivity index (χ0n) is 17.2. The van der Waals surface area contributed by atoms with E-state index >= 15 is 0 Å². The summed E-state index contributed by atoms with van der Waals surface area (Å²) in [6.45, 7) is 0. The topological polar surface area (TPSA) is 77.0 Å². The standard InChI is InChI=1S/C24H16Cl2N2O4S/c1-31-17-9-5-16(6-10-17)27-24-28-22(29)21(33-24)12-14-2-7-18(8-3-14)32-23(30)19-11-4-15(25)13-20(19)26/h2-13H,1H3,(H,27,28,29)/b21-12-. The van der Waals surface area contributed by atoms with Crippen LogP contribution < -0.4 is 14.8 Å². The van der Waals surface area contributed by atoms with Crippen molar-refractivity contribution in [1.29, 1.82) is 0 Å². The molecular weight excluding hydrogens is 483 g/mol. The molecule has 0 spiro atoms. The minimum absolute atomic E-state index is 0.213. The number of amidine groups is 1. The smallest absolute Gasteiger partial charge is 0.345 e. The summed E-state index contributed by atoms with van der Waals surface area (Å²) >= 11 is 13.2. The minimum atomic E-state index is -0.590. The SMILES string of the molecule is COc1ccc(N=C2NC(=O)/C(=C/c3ccc(OC(=O)c4ccc(Cl)cc4Cl)cc3)S2)cc1. The number of ether oxygens (including phenoxy) is 2. The lowest BCUT2D eigenvalue weighted by molar-refractivity contribution is -0.115. The number of hydrogen-bond acceptors (Lipinski definition) is 6. The molecule has 0 aliphatic carbocycles. The van der Waals surface area contributed by atoms with Crippen LogP contribution in [0.25, 0.3) is 6.08 Å². The van der Waals surface area contributed by atoms with Crippen molar-refractivity contribution in [2.24, 2.45) is 4.99 Å². The first-order chi connectivity index (χ1) is 15.9. The van der Waals surface area contributed by atoms with Gasteiger partial charge in [0.05, 0.1) is 28.3 Å². The summed E-state index contributed by atoms with van der Waals surface area (Å²) in [4.78, 5) is 29.6. The van der Waals surface area contributed by atoms with Crippen LogP contribution >= 0.6 is 35.0 Å². The molecule has 0 unspecified atom stereocenters. The van der Waals surface area contributed by atoms with Crippen molar-refractivity contribution >= 4 is 63.8 Å². The van der Waals surface area contributed by atoms with E-state index in [1.54, 1.807) is 67.8 Å². The van der Waals surface area contributed by atoms with Gasteiger partial charge < -0.3 is 14.8 Å². The van der Waals surface area contributed by atoms with Crippen molar-refractivity contribution in [3.05, 3.63) is 92.8 Å². The van der Waals surface area contributed by atoms with E-state index in [-0.39, 0.29) is 16.5 Å². The lowest BCUT2D eigenvalue weighted by Crippen LogP contribution is -2.19. The molecule has 1 amide bonds. The molecule has 0 radical (unpaired) electrons. The first-order valence-corrected chi connectivity index (χ1v) is 11.2. The second-order valence-corrected chi connectivity index (χ2v) is 8.64. The largest absolute Gasteiger partial charge is 0.497 e. The van der Waals surface area contributed by atoms with Crippen LogP contribution in [0, 0.1) is 0 Å². The lowest BCUT2D eigenvalue weighted by Gasteiger charge is -2.06. The Kier molecular flexibility index (Phi) is 7.03. The van der Waals surface area contributed by atoms with Gasteiger partial charge in [-0.1, -0.05) is 35.3 Å². The van der Waals surface area contributed by atoms with E-state index in [9.17, 15) is 9.59 Å². The summed E-state index contributed by atoms with van der Waals surface area (Å²) in [5, 5.41) is 3.88. The average Bonchev–Trinajstić information content (AvgIpc) is 3.14. The van der Waals surface area contributed by atoms with Crippen LogP contribution in [0.1, 0.15) is 15.9 Å². The van der Waals surface area contributed by atoms with Gasteiger partial charge in [-0.2, -0.15) is 0 Å². The maximum Gasteiger partial charge on any atom is 0.345 e. The number of rotatable bonds is 5. The summed E-state index contributed by atoms with van der Waals surface area (Å²) < 4.78 is 10.5. The van der Waals surface area contributed by atoms with Gasteiger partial charge in [-0.3, -0.25) is 4.79 Å².